The van der Waals surface area contributed by atoms with Gasteiger partial charge in [0.2, 0.25) is 0 Å². The third kappa shape index (κ3) is 2.65. The minimum absolute atomic E-state index is 0.526. The number of allylic oxidation sites excluding steroid dienone is 1. The highest BCUT2D eigenvalue weighted by Crippen LogP contribution is 2.52. The molecule has 0 heterocycles. The number of hydrogen-bond donors (Lipinski definition) is 0. The van der Waals surface area contributed by atoms with Crippen molar-refractivity contribution in [3.8, 4) is 0 Å². The summed E-state index contributed by atoms with van der Waals surface area (Å²) in [7, 11) is 0. The molecular weight excluding hydrogens is 180 g/mol. The van der Waals surface area contributed by atoms with Gasteiger partial charge in [-0.05, 0) is 42.9 Å². The lowest BCUT2D eigenvalue weighted by atomic mass is 9.69. The second-order valence-corrected chi connectivity index (χ2v) is 6.27. The van der Waals surface area contributed by atoms with Gasteiger partial charge in [-0.1, -0.05) is 52.7 Å². The van der Waals surface area contributed by atoms with Crippen molar-refractivity contribution in [2.45, 2.75) is 60.3 Å². The van der Waals surface area contributed by atoms with Crippen molar-refractivity contribution in [3.63, 3.8) is 0 Å². The molecule has 1 fully saturated rings. The van der Waals surface area contributed by atoms with Crippen LogP contribution in [0.1, 0.15) is 60.3 Å². The van der Waals surface area contributed by atoms with E-state index in [0.29, 0.717) is 5.41 Å². The molecule has 0 bridgehead atoms. The maximum Gasteiger partial charge on any atom is -0.0172 e. The molecule has 15 heavy (non-hydrogen) atoms. The van der Waals surface area contributed by atoms with Crippen LogP contribution in [0.15, 0.2) is 12.2 Å². The van der Waals surface area contributed by atoms with Crippen molar-refractivity contribution in [2.75, 3.05) is 0 Å². The van der Waals surface area contributed by atoms with Gasteiger partial charge in [-0.3, -0.25) is 0 Å². The van der Waals surface area contributed by atoms with Crippen LogP contribution in [-0.4, -0.2) is 0 Å². The third-order valence-electron chi connectivity index (χ3n) is 4.43. The fourth-order valence-electron chi connectivity index (χ4n) is 3.77. The van der Waals surface area contributed by atoms with E-state index >= 15 is 0 Å². The fourth-order valence-corrected chi connectivity index (χ4v) is 3.77. The Hall–Kier alpha value is -0.260. The van der Waals surface area contributed by atoms with Gasteiger partial charge in [0, 0.05) is 0 Å². The standard InChI is InChI=1S/C15H28/c1-7-8-12(4)14-13(11(2)3)9-10-15(14,5)6/h12-14H,2,7-10H2,1,3-6H3. The number of hydrogen-bond acceptors (Lipinski definition) is 0. The van der Waals surface area contributed by atoms with Gasteiger partial charge in [0.1, 0.15) is 0 Å². The maximum absolute atomic E-state index is 4.20. The Kier molecular flexibility index (Phi) is 4.03. The lowest BCUT2D eigenvalue weighted by Gasteiger charge is -2.36. The quantitative estimate of drug-likeness (QED) is 0.567. The van der Waals surface area contributed by atoms with Crippen molar-refractivity contribution in [2.24, 2.45) is 23.2 Å². The summed E-state index contributed by atoms with van der Waals surface area (Å²) < 4.78 is 0. The van der Waals surface area contributed by atoms with Gasteiger partial charge >= 0.3 is 0 Å². The van der Waals surface area contributed by atoms with Crippen LogP contribution in [0.25, 0.3) is 0 Å². The molecular formula is C15H28. The van der Waals surface area contributed by atoms with Crippen molar-refractivity contribution in [1.82, 2.24) is 0 Å². The lowest BCUT2D eigenvalue weighted by Crippen LogP contribution is -2.29. The van der Waals surface area contributed by atoms with Crippen LogP contribution < -0.4 is 0 Å². The van der Waals surface area contributed by atoms with Gasteiger partial charge in [0.05, 0.1) is 0 Å². The predicted octanol–water partition coefficient (Wildman–Crippen LogP) is 5.05. The minimum atomic E-state index is 0.526. The second-order valence-electron chi connectivity index (χ2n) is 6.27. The van der Waals surface area contributed by atoms with Gasteiger partial charge in [-0.15, -0.1) is 0 Å². The van der Waals surface area contributed by atoms with E-state index in [1.807, 2.05) is 0 Å². The zero-order valence-electron chi connectivity index (χ0n) is 11.3. The summed E-state index contributed by atoms with van der Waals surface area (Å²) in [4.78, 5) is 0. The summed E-state index contributed by atoms with van der Waals surface area (Å²) in [5.41, 5.74) is 1.94. The highest BCUT2D eigenvalue weighted by molar-refractivity contribution is 5.07. The predicted molar refractivity (Wildman–Crippen MR) is 68.9 cm³/mol. The van der Waals surface area contributed by atoms with E-state index < -0.39 is 0 Å². The smallest absolute Gasteiger partial charge is 0.0172 e. The average Bonchev–Trinajstić information content (AvgIpc) is 2.41. The van der Waals surface area contributed by atoms with Gasteiger partial charge in [-0.25, -0.2) is 0 Å². The molecule has 0 saturated heterocycles. The molecule has 3 atom stereocenters. The minimum Gasteiger partial charge on any atom is -0.0998 e. The Morgan fingerprint density at radius 1 is 1.47 bits per heavy atom. The topological polar surface area (TPSA) is 0 Å². The van der Waals surface area contributed by atoms with Crippen molar-refractivity contribution in [1.29, 1.82) is 0 Å². The van der Waals surface area contributed by atoms with E-state index in [4.69, 9.17) is 0 Å². The first-order valence-electron chi connectivity index (χ1n) is 6.55. The van der Waals surface area contributed by atoms with Crippen LogP contribution >= 0.6 is 0 Å². The van der Waals surface area contributed by atoms with E-state index in [1.165, 1.54) is 31.3 Å². The SMILES string of the molecule is C=C(C)C1CCC(C)(C)C1C(C)CCC. The molecule has 0 aromatic heterocycles. The van der Waals surface area contributed by atoms with Crippen molar-refractivity contribution < 1.29 is 0 Å². The molecule has 88 valence electrons. The molecule has 1 rings (SSSR count). The highest BCUT2D eigenvalue weighted by atomic mass is 14.5. The van der Waals surface area contributed by atoms with E-state index in [2.05, 4.69) is 41.2 Å². The first kappa shape index (κ1) is 12.8. The van der Waals surface area contributed by atoms with Crippen molar-refractivity contribution in [3.05, 3.63) is 12.2 Å². The van der Waals surface area contributed by atoms with E-state index in [0.717, 1.165) is 17.8 Å². The van der Waals surface area contributed by atoms with E-state index in [9.17, 15) is 0 Å². The summed E-state index contributed by atoms with van der Waals surface area (Å²) in [5, 5.41) is 0. The molecule has 0 spiro atoms. The Bertz CT molecular complexity index is 224. The molecule has 1 saturated carbocycles. The van der Waals surface area contributed by atoms with Crippen LogP contribution in [0.5, 0.6) is 0 Å². The van der Waals surface area contributed by atoms with Crippen LogP contribution in [0, 0.1) is 23.2 Å². The normalized spacial score (nSPS) is 31.5. The Balaban J connectivity index is 2.81. The van der Waals surface area contributed by atoms with Gasteiger partial charge in [0.15, 0.2) is 0 Å². The molecule has 1 aliphatic carbocycles. The Labute approximate surface area is 96.2 Å². The van der Waals surface area contributed by atoms with Crippen LogP contribution in [0.3, 0.4) is 0 Å². The Morgan fingerprint density at radius 2 is 2.07 bits per heavy atom. The third-order valence-corrected chi connectivity index (χ3v) is 4.43. The molecule has 0 amide bonds. The maximum atomic E-state index is 4.20. The monoisotopic (exact) mass is 208 g/mol. The van der Waals surface area contributed by atoms with E-state index in [-0.39, 0.29) is 0 Å². The molecule has 3 unspecified atom stereocenters. The first-order valence-corrected chi connectivity index (χ1v) is 6.55. The second kappa shape index (κ2) is 4.72. The summed E-state index contributed by atoms with van der Waals surface area (Å²) in [6.07, 6.45) is 5.43. The summed E-state index contributed by atoms with van der Waals surface area (Å²) in [6, 6.07) is 0. The summed E-state index contributed by atoms with van der Waals surface area (Å²) >= 11 is 0. The van der Waals surface area contributed by atoms with Gasteiger partial charge in [-0.2, -0.15) is 0 Å². The average molecular weight is 208 g/mol. The van der Waals surface area contributed by atoms with Gasteiger partial charge < -0.3 is 0 Å². The van der Waals surface area contributed by atoms with Crippen LogP contribution in [0.2, 0.25) is 0 Å². The Morgan fingerprint density at radius 3 is 2.53 bits per heavy atom. The van der Waals surface area contributed by atoms with Crippen LogP contribution in [-0.2, 0) is 0 Å². The molecule has 1 aliphatic rings. The van der Waals surface area contributed by atoms with E-state index in [1.54, 1.807) is 0 Å². The lowest BCUT2D eigenvalue weighted by molar-refractivity contribution is 0.152. The summed E-state index contributed by atoms with van der Waals surface area (Å²) in [5.74, 6) is 2.49. The molecule has 0 aromatic rings. The largest absolute Gasteiger partial charge is 0.0998 e. The zero-order valence-corrected chi connectivity index (χ0v) is 11.3. The molecule has 0 heteroatoms. The molecule has 0 radical (unpaired) electrons. The highest BCUT2D eigenvalue weighted by Gasteiger charge is 2.44. The fraction of sp³-hybridized carbons (Fsp3) is 0.867. The molecule has 0 aromatic carbocycles. The van der Waals surface area contributed by atoms with Crippen molar-refractivity contribution >= 4 is 0 Å². The first-order chi connectivity index (χ1) is 6.90. The molecule has 0 nitrogen and oxygen atoms in total. The zero-order chi connectivity index (χ0) is 11.6. The summed E-state index contributed by atoms with van der Waals surface area (Å²) in [6.45, 7) is 16.1. The van der Waals surface area contributed by atoms with Crippen LogP contribution in [0.4, 0.5) is 0 Å². The van der Waals surface area contributed by atoms with Gasteiger partial charge in [0.25, 0.3) is 0 Å². The molecule has 0 aliphatic heterocycles. The molecule has 0 N–H and O–H groups in total. The number of rotatable bonds is 4.